The zero-order valence-corrected chi connectivity index (χ0v) is 13.7. The van der Waals surface area contributed by atoms with Crippen LogP contribution in [0.5, 0.6) is 0 Å². The van der Waals surface area contributed by atoms with E-state index in [-0.39, 0.29) is 23.2 Å². The van der Waals surface area contributed by atoms with Crippen LogP contribution in [0.3, 0.4) is 0 Å². The Bertz CT molecular complexity index is 641. The molecule has 1 aromatic carbocycles. The molecule has 0 unspecified atom stereocenters. The number of hydrogen-bond acceptors (Lipinski definition) is 5. The van der Waals surface area contributed by atoms with E-state index >= 15 is 0 Å². The molecule has 2 rings (SSSR count). The van der Waals surface area contributed by atoms with Crippen LogP contribution in [0.15, 0.2) is 18.2 Å². The van der Waals surface area contributed by atoms with Crippen molar-refractivity contribution in [2.75, 3.05) is 44.7 Å². The van der Waals surface area contributed by atoms with Crippen molar-refractivity contribution >= 4 is 23.3 Å². The first-order valence-electron chi connectivity index (χ1n) is 7.76. The van der Waals surface area contributed by atoms with Gasteiger partial charge in [-0.25, -0.2) is 4.79 Å². The van der Waals surface area contributed by atoms with Gasteiger partial charge in [-0.15, -0.1) is 0 Å². The van der Waals surface area contributed by atoms with Crippen LogP contribution in [0.1, 0.15) is 17.3 Å². The van der Waals surface area contributed by atoms with Gasteiger partial charge in [0.25, 0.3) is 11.6 Å². The Morgan fingerprint density at radius 3 is 2.46 bits per heavy atom. The highest BCUT2D eigenvalue weighted by atomic mass is 16.6. The summed E-state index contributed by atoms with van der Waals surface area (Å²) in [4.78, 5) is 37.9. The maximum absolute atomic E-state index is 11.8. The van der Waals surface area contributed by atoms with Crippen molar-refractivity contribution in [2.24, 2.45) is 0 Å². The molecule has 1 aliphatic heterocycles. The van der Waals surface area contributed by atoms with E-state index in [9.17, 15) is 19.7 Å². The topological polar surface area (TPSA) is 108 Å². The van der Waals surface area contributed by atoms with Gasteiger partial charge >= 0.3 is 6.03 Å². The molecule has 1 saturated heterocycles. The first kappa shape index (κ1) is 17.5. The zero-order chi connectivity index (χ0) is 17.7. The van der Waals surface area contributed by atoms with E-state index < -0.39 is 4.92 Å². The normalized spacial score (nSPS) is 14.2. The quantitative estimate of drug-likeness (QED) is 0.625. The molecule has 0 radical (unpaired) electrons. The van der Waals surface area contributed by atoms with Gasteiger partial charge in [0.1, 0.15) is 5.69 Å². The average Bonchev–Trinajstić information content (AvgIpc) is 2.60. The Labute approximate surface area is 139 Å². The lowest BCUT2D eigenvalue weighted by atomic mass is 10.1. The summed E-state index contributed by atoms with van der Waals surface area (Å²) in [6, 6.07) is 4.31. The monoisotopic (exact) mass is 335 g/mol. The van der Waals surface area contributed by atoms with E-state index in [4.69, 9.17) is 0 Å². The summed E-state index contributed by atoms with van der Waals surface area (Å²) in [5.41, 5.74) is 0.597. The first-order chi connectivity index (χ1) is 11.5. The molecule has 9 heteroatoms. The average molecular weight is 335 g/mol. The lowest BCUT2D eigenvalue weighted by Crippen LogP contribution is -2.52. The molecular formula is C15H21N5O4. The molecular weight excluding hydrogens is 314 g/mol. The van der Waals surface area contributed by atoms with Crippen LogP contribution in [-0.2, 0) is 0 Å². The largest absolute Gasteiger partial charge is 0.362 e. The Morgan fingerprint density at radius 1 is 1.25 bits per heavy atom. The van der Waals surface area contributed by atoms with E-state index in [0.717, 1.165) is 0 Å². The number of hydrogen-bond donors (Lipinski definition) is 2. The van der Waals surface area contributed by atoms with Crippen LogP contribution in [-0.4, -0.2) is 61.5 Å². The number of amides is 3. The third kappa shape index (κ3) is 3.73. The van der Waals surface area contributed by atoms with E-state index in [0.29, 0.717) is 38.4 Å². The highest BCUT2D eigenvalue weighted by Crippen LogP contribution is 2.30. The van der Waals surface area contributed by atoms with Gasteiger partial charge in [0, 0.05) is 51.4 Å². The van der Waals surface area contributed by atoms with E-state index in [2.05, 4.69) is 10.6 Å². The number of anilines is 1. The van der Waals surface area contributed by atoms with Crippen molar-refractivity contribution < 1.29 is 14.5 Å². The van der Waals surface area contributed by atoms with E-state index in [1.165, 1.54) is 13.1 Å². The second kappa shape index (κ2) is 7.62. The van der Waals surface area contributed by atoms with Crippen molar-refractivity contribution in [2.45, 2.75) is 6.92 Å². The summed E-state index contributed by atoms with van der Waals surface area (Å²) in [7, 11) is 1.47. The minimum atomic E-state index is -0.488. The van der Waals surface area contributed by atoms with Crippen LogP contribution >= 0.6 is 0 Å². The summed E-state index contributed by atoms with van der Waals surface area (Å²) < 4.78 is 0. The van der Waals surface area contributed by atoms with Crippen LogP contribution in [0.25, 0.3) is 0 Å². The molecule has 9 nitrogen and oxygen atoms in total. The second-order valence-electron chi connectivity index (χ2n) is 5.35. The number of benzene rings is 1. The van der Waals surface area contributed by atoms with Crippen molar-refractivity contribution in [3.63, 3.8) is 0 Å². The summed E-state index contributed by atoms with van der Waals surface area (Å²) >= 11 is 0. The molecule has 0 spiro atoms. The Balaban J connectivity index is 2.16. The maximum atomic E-state index is 11.8. The molecule has 0 atom stereocenters. The highest BCUT2D eigenvalue weighted by molar-refractivity contribution is 5.95. The summed E-state index contributed by atoms with van der Waals surface area (Å²) in [5.74, 6) is -0.370. The second-order valence-corrected chi connectivity index (χ2v) is 5.35. The fourth-order valence-corrected chi connectivity index (χ4v) is 2.64. The molecule has 0 bridgehead atoms. The predicted octanol–water partition coefficient (Wildman–Crippen LogP) is 0.806. The van der Waals surface area contributed by atoms with E-state index in [1.807, 2.05) is 11.8 Å². The number of nitrogens with zero attached hydrogens (tertiary/aromatic N) is 3. The van der Waals surface area contributed by atoms with Gasteiger partial charge in [0.15, 0.2) is 0 Å². The molecule has 24 heavy (non-hydrogen) atoms. The summed E-state index contributed by atoms with van der Waals surface area (Å²) in [5, 5.41) is 16.5. The smallest absolute Gasteiger partial charge is 0.317 e. The van der Waals surface area contributed by atoms with E-state index in [1.54, 1.807) is 17.0 Å². The van der Waals surface area contributed by atoms with Crippen molar-refractivity contribution in [1.29, 1.82) is 0 Å². The number of piperazine rings is 1. The van der Waals surface area contributed by atoms with Gasteiger partial charge in [-0.2, -0.15) is 0 Å². The summed E-state index contributed by atoms with van der Waals surface area (Å²) in [6.07, 6.45) is 0. The third-order valence-corrected chi connectivity index (χ3v) is 3.90. The predicted molar refractivity (Wildman–Crippen MR) is 89.3 cm³/mol. The standard InChI is InChI=1S/C15H21N5O4/c1-3-17-15(22)19-8-6-18(7-9-19)12-5-4-11(14(21)16-2)10-13(12)20(23)24/h4-5,10H,3,6-9H2,1-2H3,(H,16,21)(H,17,22). The minimum Gasteiger partial charge on any atom is -0.362 e. The lowest BCUT2D eigenvalue weighted by Gasteiger charge is -2.35. The van der Waals surface area contributed by atoms with Crippen LogP contribution in [0, 0.1) is 10.1 Å². The fraction of sp³-hybridized carbons (Fsp3) is 0.467. The van der Waals surface area contributed by atoms with Crippen molar-refractivity contribution in [1.82, 2.24) is 15.5 Å². The zero-order valence-electron chi connectivity index (χ0n) is 13.7. The van der Waals surface area contributed by atoms with Crippen LogP contribution < -0.4 is 15.5 Å². The van der Waals surface area contributed by atoms with Crippen molar-refractivity contribution in [3.8, 4) is 0 Å². The molecule has 1 fully saturated rings. The molecule has 1 aromatic rings. The number of urea groups is 1. The highest BCUT2D eigenvalue weighted by Gasteiger charge is 2.26. The molecule has 0 saturated carbocycles. The molecule has 2 N–H and O–H groups in total. The fourth-order valence-electron chi connectivity index (χ4n) is 2.64. The SMILES string of the molecule is CCNC(=O)N1CCN(c2ccc(C(=O)NC)cc2[N+](=O)[O-])CC1. The Hall–Kier alpha value is -2.84. The van der Waals surface area contributed by atoms with Gasteiger partial charge in [-0.1, -0.05) is 0 Å². The van der Waals surface area contributed by atoms with Crippen molar-refractivity contribution in [3.05, 3.63) is 33.9 Å². The number of carbonyl (C=O) groups is 2. The Kier molecular flexibility index (Phi) is 5.56. The van der Waals surface area contributed by atoms with Gasteiger partial charge in [0.05, 0.1) is 4.92 Å². The molecule has 130 valence electrons. The Morgan fingerprint density at radius 2 is 1.92 bits per heavy atom. The number of carbonyl (C=O) groups excluding carboxylic acids is 2. The molecule has 1 heterocycles. The van der Waals surface area contributed by atoms with Crippen LogP contribution in [0.4, 0.5) is 16.2 Å². The van der Waals surface area contributed by atoms with Gasteiger partial charge in [0.2, 0.25) is 0 Å². The lowest BCUT2D eigenvalue weighted by molar-refractivity contribution is -0.384. The maximum Gasteiger partial charge on any atom is 0.317 e. The number of nitro benzene ring substituents is 1. The molecule has 1 aliphatic rings. The third-order valence-electron chi connectivity index (χ3n) is 3.90. The molecule has 3 amide bonds. The first-order valence-corrected chi connectivity index (χ1v) is 7.76. The summed E-state index contributed by atoms with van der Waals surface area (Å²) in [6.45, 7) is 4.38. The molecule has 0 aliphatic carbocycles. The molecule has 0 aromatic heterocycles. The number of nitro groups is 1. The number of rotatable bonds is 4. The van der Waals surface area contributed by atoms with Crippen LogP contribution in [0.2, 0.25) is 0 Å². The minimum absolute atomic E-state index is 0.109. The van der Waals surface area contributed by atoms with Gasteiger partial charge in [-0.3, -0.25) is 14.9 Å². The van der Waals surface area contributed by atoms with Gasteiger partial charge < -0.3 is 20.4 Å². The number of nitrogens with one attached hydrogen (secondary N) is 2. The van der Waals surface area contributed by atoms with Gasteiger partial charge in [-0.05, 0) is 19.1 Å².